The van der Waals surface area contributed by atoms with Crippen molar-refractivity contribution < 1.29 is 9.52 Å². The van der Waals surface area contributed by atoms with Crippen LogP contribution in [-0.2, 0) is 0 Å². The molecule has 0 radical (unpaired) electrons. The second-order valence-electron chi connectivity index (χ2n) is 3.28. The number of aromatic nitrogens is 2. The molecule has 0 aromatic carbocycles. The molecule has 2 rings (SSSR count). The summed E-state index contributed by atoms with van der Waals surface area (Å²) in [5.41, 5.74) is 0. The number of nitrogens with one attached hydrogen (secondary N) is 2. The summed E-state index contributed by atoms with van der Waals surface area (Å²) in [6.07, 6.45) is 0. The molecule has 7 nitrogen and oxygen atoms in total. The van der Waals surface area contributed by atoms with E-state index in [0.29, 0.717) is 18.6 Å². The Morgan fingerprint density at radius 1 is 1.40 bits per heavy atom. The molecule has 15 heavy (non-hydrogen) atoms. The topological polar surface area (TPSA) is 86.5 Å². The first-order chi connectivity index (χ1) is 7.40. The Kier molecular flexibility index (Phi) is 3.36. The van der Waals surface area contributed by atoms with E-state index in [1.807, 2.05) is 4.90 Å². The lowest BCUT2D eigenvalue weighted by Gasteiger charge is -2.24. The van der Waals surface area contributed by atoms with Crippen LogP contribution in [-0.4, -0.2) is 54.6 Å². The molecule has 0 unspecified atom stereocenters. The molecule has 0 saturated carbocycles. The van der Waals surface area contributed by atoms with Gasteiger partial charge in [-0.25, -0.2) is 0 Å². The van der Waals surface area contributed by atoms with Crippen LogP contribution >= 0.6 is 0 Å². The van der Waals surface area contributed by atoms with E-state index in [2.05, 4.69) is 20.8 Å². The van der Waals surface area contributed by atoms with Gasteiger partial charge in [0.15, 0.2) is 0 Å². The Morgan fingerprint density at radius 3 is 2.93 bits per heavy atom. The molecule has 1 fully saturated rings. The van der Waals surface area contributed by atoms with Crippen molar-refractivity contribution in [1.82, 2.24) is 15.5 Å². The zero-order valence-corrected chi connectivity index (χ0v) is 8.44. The van der Waals surface area contributed by atoms with Crippen molar-refractivity contribution >= 4 is 12.0 Å². The predicted molar refractivity (Wildman–Crippen MR) is 55.0 cm³/mol. The summed E-state index contributed by atoms with van der Waals surface area (Å²) in [5, 5.41) is 22.4. The lowest BCUT2D eigenvalue weighted by atomic mass is 10.4. The van der Waals surface area contributed by atoms with Gasteiger partial charge in [0.1, 0.15) is 0 Å². The molecule has 0 amide bonds. The van der Waals surface area contributed by atoms with Gasteiger partial charge in [-0.3, -0.25) is 0 Å². The third kappa shape index (κ3) is 2.57. The van der Waals surface area contributed by atoms with Gasteiger partial charge in [-0.15, -0.1) is 0 Å². The van der Waals surface area contributed by atoms with Crippen LogP contribution in [0.15, 0.2) is 4.42 Å². The average Bonchev–Trinajstić information content (AvgIpc) is 2.76. The van der Waals surface area contributed by atoms with Crippen LogP contribution in [0.5, 0.6) is 0 Å². The number of aliphatic hydroxyl groups is 1. The minimum absolute atomic E-state index is 0.0470. The molecule has 1 aromatic heterocycles. The van der Waals surface area contributed by atoms with E-state index in [0.717, 1.165) is 26.2 Å². The zero-order chi connectivity index (χ0) is 10.5. The molecule has 3 N–H and O–H groups in total. The highest BCUT2D eigenvalue weighted by Crippen LogP contribution is 2.15. The van der Waals surface area contributed by atoms with Gasteiger partial charge in [-0.1, -0.05) is 10.2 Å². The van der Waals surface area contributed by atoms with Crippen molar-refractivity contribution in [2.75, 3.05) is 49.5 Å². The van der Waals surface area contributed by atoms with Crippen molar-refractivity contribution in [3.8, 4) is 0 Å². The van der Waals surface area contributed by atoms with Crippen LogP contribution in [0.2, 0.25) is 0 Å². The van der Waals surface area contributed by atoms with Crippen LogP contribution in [0, 0.1) is 0 Å². The summed E-state index contributed by atoms with van der Waals surface area (Å²) in [6.45, 7) is 4.08. The first-order valence-electron chi connectivity index (χ1n) is 5.04. The normalized spacial score (nSPS) is 16.7. The van der Waals surface area contributed by atoms with Crippen molar-refractivity contribution in [2.45, 2.75) is 0 Å². The molecule has 1 aliphatic rings. The maximum Gasteiger partial charge on any atom is 0.319 e. The molecule has 0 atom stereocenters. The van der Waals surface area contributed by atoms with Crippen LogP contribution in [0.3, 0.4) is 0 Å². The number of anilines is 2. The number of nitrogens with zero attached hydrogens (tertiary/aromatic N) is 3. The lowest BCUT2D eigenvalue weighted by Crippen LogP contribution is -2.43. The lowest BCUT2D eigenvalue weighted by molar-refractivity contribution is 0.309. The number of aliphatic hydroxyl groups excluding tert-OH is 1. The fourth-order valence-electron chi connectivity index (χ4n) is 1.43. The molecule has 2 heterocycles. The first kappa shape index (κ1) is 10.2. The minimum atomic E-state index is 0.0470. The molecule has 0 bridgehead atoms. The number of piperazine rings is 1. The quantitative estimate of drug-likeness (QED) is 0.584. The van der Waals surface area contributed by atoms with E-state index in [1.165, 1.54) is 0 Å². The highest BCUT2D eigenvalue weighted by Gasteiger charge is 2.16. The second-order valence-corrected chi connectivity index (χ2v) is 3.28. The SMILES string of the molecule is OCCNc1nnc(N2CCNCC2)o1. The largest absolute Gasteiger partial charge is 0.395 e. The predicted octanol–water partition coefficient (Wildman–Crippen LogP) is -1.12. The van der Waals surface area contributed by atoms with Crippen molar-refractivity contribution in [2.24, 2.45) is 0 Å². The molecule has 7 heteroatoms. The van der Waals surface area contributed by atoms with Crippen LogP contribution in [0.1, 0.15) is 0 Å². The van der Waals surface area contributed by atoms with E-state index >= 15 is 0 Å². The first-order valence-corrected chi connectivity index (χ1v) is 5.04. The fraction of sp³-hybridized carbons (Fsp3) is 0.750. The monoisotopic (exact) mass is 213 g/mol. The van der Waals surface area contributed by atoms with Crippen LogP contribution < -0.4 is 15.5 Å². The van der Waals surface area contributed by atoms with E-state index in [9.17, 15) is 0 Å². The summed E-state index contributed by atoms with van der Waals surface area (Å²) >= 11 is 0. The van der Waals surface area contributed by atoms with Gasteiger partial charge < -0.3 is 25.1 Å². The highest BCUT2D eigenvalue weighted by atomic mass is 16.4. The van der Waals surface area contributed by atoms with Crippen LogP contribution in [0.4, 0.5) is 12.0 Å². The third-order valence-corrected chi connectivity index (χ3v) is 2.19. The van der Waals surface area contributed by atoms with Gasteiger partial charge in [0.25, 0.3) is 0 Å². The zero-order valence-electron chi connectivity index (χ0n) is 8.44. The van der Waals surface area contributed by atoms with Gasteiger partial charge in [-0.05, 0) is 0 Å². The summed E-state index contributed by atoms with van der Waals surface area (Å²) in [5.74, 6) is 0. The standard InChI is InChI=1S/C8H15N5O2/c14-6-3-10-7-11-12-8(15-7)13-4-1-9-2-5-13/h9,14H,1-6H2,(H,10,11). The van der Waals surface area contributed by atoms with Crippen molar-refractivity contribution in [3.05, 3.63) is 0 Å². The van der Waals surface area contributed by atoms with Crippen molar-refractivity contribution in [3.63, 3.8) is 0 Å². The summed E-state index contributed by atoms with van der Waals surface area (Å²) in [7, 11) is 0. The maximum atomic E-state index is 8.61. The van der Waals surface area contributed by atoms with Gasteiger partial charge in [0.05, 0.1) is 6.61 Å². The summed E-state index contributed by atoms with van der Waals surface area (Å²) in [4.78, 5) is 2.04. The molecule has 84 valence electrons. The Balaban J connectivity index is 1.93. The Morgan fingerprint density at radius 2 is 2.20 bits per heavy atom. The number of hydrogen-bond donors (Lipinski definition) is 3. The Hall–Kier alpha value is -1.34. The van der Waals surface area contributed by atoms with Crippen LogP contribution in [0.25, 0.3) is 0 Å². The van der Waals surface area contributed by atoms with Crippen molar-refractivity contribution in [1.29, 1.82) is 0 Å². The second kappa shape index (κ2) is 4.94. The van der Waals surface area contributed by atoms with E-state index in [4.69, 9.17) is 9.52 Å². The van der Waals surface area contributed by atoms with Gasteiger partial charge >= 0.3 is 12.0 Å². The maximum absolute atomic E-state index is 8.61. The van der Waals surface area contributed by atoms with Gasteiger partial charge in [0.2, 0.25) is 0 Å². The fourth-order valence-corrected chi connectivity index (χ4v) is 1.43. The smallest absolute Gasteiger partial charge is 0.319 e. The Bertz CT molecular complexity index is 297. The summed E-state index contributed by atoms with van der Waals surface area (Å²) < 4.78 is 5.38. The number of hydrogen-bond acceptors (Lipinski definition) is 7. The molecule has 0 aliphatic carbocycles. The molecular weight excluding hydrogens is 198 g/mol. The Labute approximate surface area is 87.5 Å². The minimum Gasteiger partial charge on any atom is -0.395 e. The molecule has 1 saturated heterocycles. The van der Waals surface area contributed by atoms with Gasteiger partial charge in [0, 0.05) is 32.7 Å². The average molecular weight is 213 g/mol. The van der Waals surface area contributed by atoms with Gasteiger partial charge in [-0.2, -0.15) is 0 Å². The molecule has 1 aliphatic heterocycles. The highest BCUT2D eigenvalue weighted by molar-refractivity contribution is 5.30. The third-order valence-electron chi connectivity index (χ3n) is 2.19. The molecule has 1 aromatic rings. The molecule has 0 spiro atoms. The molecular formula is C8H15N5O2. The van der Waals surface area contributed by atoms with E-state index in [-0.39, 0.29) is 6.61 Å². The van der Waals surface area contributed by atoms with E-state index < -0.39 is 0 Å². The van der Waals surface area contributed by atoms with E-state index in [1.54, 1.807) is 0 Å². The summed E-state index contributed by atoms with van der Waals surface area (Å²) in [6, 6.07) is 0.898. The number of rotatable bonds is 4.